The summed E-state index contributed by atoms with van der Waals surface area (Å²) in [4.78, 5) is 39.0. The lowest BCUT2D eigenvalue weighted by molar-refractivity contribution is -0.118. The van der Waals surface area contributed by atoms with Crippen molar-refractivity contribution < 1.29 is 4.79 Å². The van der Waals surface area contributed by atoms with Crippen LogP contribution in [0.5, 0.6) is 0 Å². The Morgan fingerprint density at radius 3 is 2.74 bits per heavy atom. The van der Waals surface area contributed by atoms with Crippen molar-refractivity contribution in [1.82, 2.24) is 9.13 Å². The third-order valence-corrected chi connectivity index (χ3v) is 3.36. The maximum Gasteiger partial charge on any atom is 0.332 e. The van der Waals surface area contributed by atoms with E-state index in [1.54, 1.807) is 13.3 Å². The summed E-state index contributed by atoms with van der Waals surface area (Å²) in [6.45, 7) is 0. The van der Waals surface area contributed by atoms with Crippen molar-refractivity contribution >= 4 is 17.9 Å². The molecule has 0 spiro atoms. The van der Waals surface area contributed by atoms with E-state index in [1.165, 1.54) is 11.6 Å². The van der Waals surface area contributed by atoms with Crippen molar-refractivity contribution in [2.24, 2.45) is 30.7 Å². The highest BCUT2D eigenvalue weighted by atomic mass is 16.2. The van der Waals surface area contributed by atoms with Crippen LogP contribution in [0, 0.1) is 5.92 Å². The number of rotatable bonds is 2. The lowest BCUT2D eigenvalue weighted by Gasteiger charge is -2.09. The van der Waals surface area contributed by atoms with E-state index in [0.717, 1.165) is 4.57 Å². The minimum Gasteiger partial charge on any atom is -0.370 e. The number of nitrogens with two attached hydrogens (primary N) is 1. The summed E-state index contributed by atoms with van der Waals surface area (Å²) >= 11 is 0. The van der Waals surface area contributed by atoms with E-state index in [1.807, 2.05) is 0 Å². The first-order chi connectivity index (χ1) is 8.91. The lowest BCUT2D eigenvalue weighted by Crippen LogP contribution is -2.38. The van der Waals surface area contributed by atoms with Crippen molar-refractivity contribution in [1.29, 1.82) is 0 Å². The van der Waals surface area contributed by atoms with Crippen molar-refractivity contribution in [2.45, 2.75) is 19.3 Å². The molecule has 0 aliphatic carbocycles. The van der Waals surface area contributed by atoms with Gasteiger partial charge in [-0.25, -0.2) is 9.79 Å². The van der Waals surface area contributed by atoms with Gasteiger partial charge in [0.05, 0.1) is 5.56 Å². The first-order valence-electron chi connectivity index (χ1n) is 6.03. The van der Waals surface area contributed by atoms with Gasteiger partial charge in [0.25, 0.3) is 5.56 Å². The van der Waals surface area contributed by atoms with Gasteiger partial charge in [-0.3, -0.25) is 18.7 Å². The third-order valence-electron chi connectivity index (χ3n) is 3.36. The normalized spacial score (nSPS) is 17.9. The van der Waals surface area contributed by atoms with E-state index in [-0.39, 0.29) is 17.9 Å². The molecule has 0 saturated carbocycles. The van der Waals surface area contributed by atoms with Crippen LogP contribution in [-0.4, -0.2) is 21.3 Å². The first-order valence-corrected chi connectivity index (χ1v) is 6.03. The van der Waals surface area contributed by atoms with Crippen molar-refractivity contribution in [3.05, 3.63) is 26.4 Å². The van der Waals surface area contributed by atoms with E-state index in [0.29, 0.717) is 24.2 Å². The predicted octanol–water partition coefficient (Wildman–Crippen LogP) is -0.776. The summed E-state index contributed by atoms with van der Waals surface area (Å²) < 4.78 is 2.42. The molecule has 2 rings (SSSR count). The number of nitrogens with zero attached hydrogens (tertiary/aromatic N) is 3. The van der Waals surface area contributed by atoms with Crippen LogP contribution in [0.15, 0.2) is 14.6 Å². The van der Waals surface area contributed by atoms with E-state index in [4.69, 9.17) is 5.73 Å². The van der Waals surface area contributed by atoms with Crippen molar-refractivity contribution in [3.63, 3.8) is 0 Å². The fourth-order valence-electron chi connectivity index (χ4n) is 2.28. The van der Waals surface area contributed by atoms with Crippen molar-refractivity contribution in [3.8, 4) is 0 Å². The first kappa shape index (κ1) is 13.3. The van der Waals surface area contributed by atoms with E-state index >= 15 is 0 Å². The Labute approximate surface area is 109 Å². The number of carbonyl (C=O) groups is 1. The Morgan fingerprint density at radius 1 is 1.42 bits per heavy atom. The molecule has 0 radical (unpaired) electrons. The Kier molecular flexibility index (Phi) is 3.37. The smallest absolute Gasteiger partial charge is 0.332 e. The van der Waals surface area contributed by atoms with Crippen LogP contribution < -0.4 is 17.0 Å². The molecule has 0 aromatic carbocycles. The molecular formula is C12H16N4O3. The molecule has 1 aliphatic heterocycles. The quantitative estimate of drug-likeness (QED) is 0.758. The third kappa shape index (κ3) is 2.35. The Bertz CT molecular complexity index is 669. The van der Waals surface area contributed by atoms with E-state index in [9.17, 15) is 14.4 Å². The van der Waals surface area contributed by atoms with Crippen LogP contribution >= 0.6 is 0 Å². The summed E-state index contributed by atoms with van der Waals surface area (Å²) in [5.74, 6) is -0.117. The van der Waals surface area contributed by atoms with Gasteiger partial charge in [-0.1, -0.05) is 0 Å². The van der Waals surface area contributed by atoms with Gasteiger partial charge in [0.15, 0.2) is 0 Å². The number of aromatic nitrogens is 2. The summed E-state index contributed by atoms with van der Waals surface area (Å²) in [6.07, 6.45) is 2.90. The molecule has 1 aromatic heterocycles. The molecule has 2 N–H and O–H groups in total. The van der Waals surface area contributed by atoms with Gasteiger partial charge < -0.3 is 5.73 Å². The Balaban J connectivity index is 2.51. The van der Waals surface area contributed by atoms with Crippen LogP contribution in [0.3, 0.4) is 0 Å². The second kappa shape index (κ2) is 4.83. The Morgan fingerprint density at radius 2 is 2.11 bits per heavy atom. The van der Waals surface area contributed by atoms with Gasteiger partial charge >= 0.3 is 5.69 Å². The van der Waals surface area contributed by atoms with Crippen LogP contribution in [0.25, 0.3) is 0 Å². The molecule has 19 heavy (non-hydrogen) atoms. The number of hydrogen-bond donors (Lipinski definition) is 1. The second-order valence-corrected chi connectivity index (χ2v) is 4.76. The summed E-state index contributed by atoms with van der Waals surface area (Å²) in [5.41, 5.74) is 4.94. The number of hydrogen-bond acceptors (Lipinski definition) is 4. The number of carbonyl (C=O) groups excluding carboxylic acids is 1. The predicted molar refractivity (Wildman–Crippen MR) is 70.7 cm³/mol. The molecule has 1 atom stereocenters. The molecule has 0 fully saturated rings. The summed E-state index contributed by atoms with van der Waals surface area (Å²) in [6, 6.07) is 0. The largest absolute Gasteiger partial charge is 0.370 e. The lowest BCUT2D eigenvalue weighted by atomic mass is 9.99. The van der Waals surface area contributed by atoms with Gasteiger partial charge in [-0.05, 0) is 12.8 Å². The van der Waals surface area contributed by atoms with Crippen LogP contribution in [0.4, 0.5) is 5.82 Å². The van der Waals surface area contributed by atoms with E-state index in [2.05, 4.69) is 4.99 Å². The fraction of sp³-hybridized carbons (Fsp3) is 0.500. The second-order valence-electron chi connectivity index (χ2n) is 4.76. The number of fused-ring (bicyclic) bond motifs is 1. The average Bonchev–Trinajstić information content (AvgIpc) is 2.56. The number of aliphatic imine (C=N–C) groups is 1. The molecule has 102 valence electrons. The zero-order valence-electron chi connectivity index (χ0n) is 10.9. The highest BCUT2D eigenvalue weighted by Crippen LogP contribution is 2.22. The average molecular weight is 264 g/mol. The number of primary amides is 1. The maximum atomic E-state index is 12.1. The van der Waals surface area contributed by atoms with Gasteiger partial charge in [-0.2, -0.15) is 0 Å². The molecule has 0 bridgehead atoms. The van der Waals surface area contributed by atoms with E-state index < -0.39 is 11.6 Å². The zero-order valence-corrected chi connectivity index (χ0v) is 10.9. The summed E-state index contributed by atoms with van der Waals surface area (Å²) in [7, 11) is 3.02. The molecule has 2 heterocycles. The maximum absolute atomic E-state index is 12.1. The highest BCUT2D eigenvalue weighted by molar-refractivity contribution is 5.79. The molecule has 1 aromatic rings. The fourth-order valence-corrected chi connectivity index (χ4v) is 2.28. The molecule has 7 heteroatoms. The zero-order chi connectivity index (χ0) is 14.2. The minimum atomic E-state index is -0.408. The van der Waals surface area contributed by atoms with Crippen molar-refractivity contribution in [2.75, 3.05) is 0 Å². The molecule has 0 saturated heterocycles. The van der Waals surface area contributed by atoms with Crippen LogP contribution in [-0.2, 0) is 25.3 Å². The Hall–Kier alpha value is -2.18. The summed E-state index contributed by atoms with van der Waals surface area (Å²) in [5, 5.41) is 0. The van der Waals surface area contributed by atoms with Crippen LogP contribution in [0.1, 0.15) is 18.4 Å². The monoisotopic (exact) mass is 264 g/mol. The number of amides is 1. The molecule has 1 unspecified atom stereocenters. The van der Waals surface area contributed by atoms with Gasteiger partial charge in [0.2, 0.25) is 5.91 Å². The minimum absolute atomic E-state index is 0.0929. The molecule has 7 nitrogen and oxygen atoms in total. The van der Waals surface area contributed by atoms with Crippen LogP contribution in [0.2, 0.25) is 0 Å². The topological polar surface area (TPSA) is 99.5 Å². The van der Waals surface area contributed by atoms with Gasteiger partial charge in [0.1, 0.15) is 5.82 Å². The SMILES string of the molecule is Cn1c2c(c(=O)n(C)c1=O)CCC(CC(N)=O)C=N2. The van der Waals surface area contributed by atoms with Gasteiger partial charge in [0, 0.05) is 32.6 Å². The van der Waals surface area contributed by atoms with Gasteiger partial charge in [-0.15, -0.1) is 0 Å². The highest BCUT2D eigenvalue weighted by Gasteiger charge is 2.20. The molecule has 1 aliphatic rings. The standard InChI is InChI=1S/C12H16N4O3/c1-15-10-8(11(18)16(2)12(15)19)4-3-7(6-14-10)5-9(13)17/h6-7H,3-5H2,1-2H3,(H2,13,17). The molecule has 1 amide bonds. The molecular weight excluding hydrogens is 248 g/mol.